The van der Waals surface area contributed by atoms with E-state index in [1.807, 2.05) is 27.7 Å². The maximum absolute atomic E-state index is 8.64. The normalized spacial score (nSPS) is 12.2. The molecule has 145 heavy (non-hydrogen) atoms. The van der Waals surface area contributed by atoms with E-state index in [1.165, 1.54) is 63.7 Å². The molecule has 2 aromatic heterocycles. The number of carbonyl (C=O) groups is 1. The zero-order chi connectivity index (χ0) is 106. The molecule has 746 valence electrons. The van der Waals surface area contributed by atoms with E-state index in [0.29, 0.717) is 85.1 Å². The van der Waals surface area contributed by atoms with E-state index in [0.717, 1.165) is 0 Å². The Morgan fingerprint density at radius 3 is 0.848 bits per heavy atom. The molecule has 3 heterocycles. The molecule has 0 unspecified atom stereocenters. The number of nitrogens with two attached hydrogens (primary N) is 2. The molecule has 1 saturated heterocycles. The second-order valence-corrected chi connectivity index (χ2v) is 41.7. The number of benzene rings is 14. The zero-order valence-corrected chi connectivity index (χ0v) is 103. The average molecular weight is 2460 g/mol. The van der Waals surface area contributed by atoms with Crippen LogP contribution in [0.15, 0.2) is 400 Å². The molecule has 0 spiro atoms. The van der Waals surface area contributed by atoms with Crippen LogP contribution in [0, 0.1) is 0 Å². The van der Waals surface area contributed by atoms with Gasteiger partial charge in [0.25, 0.3) is 6.47 Å². The first-order valence-corrected chi connectivity index (χ1v) is 52.3. The zero-order valence-electron chi connectivity index (χ0n) is 88.6. The summed E-state index contributed by atoms with van der Waals surface area (Å²) >= 11 is 29.8. The predicted octanol–water partition coefficient (Wildman–Crippen LogP) is 12.3. The molecular weight excluding hydrogens is 2330 g/mol. The molecule has 0 amide bonds. The van der Waals surface area contributed by atoms with Crippen molar-refractivity contribution in [1.82, 2.24) is 30.4 Å². The van der Waals surface area contributed by atoms with Crippen molar-refractivity contribution in [2.24, 2.45) is 0 Å². The van der Waals surface area contributed by atoms with Crippen molar-refractivity contribution >= 4 is 196 Å². The molecule has 0 saturated carbocycles. The first-order valence-electron chi connectivity index (χ1n) is 48.0. The van der Waals surface area contributed by atoms with Gasteiger partial charge in [-0.1, -0.05) is 446 Å². The number of carbonyl (C=O) groups excluding carboxylic acids is 1. The van der Waals surface area contributed by atoms with Crippen molar-refractivity contribution < 1.29 is 221 Å². The number of methoxy groups -OCH3 is 2. The number of halogens is 5. The fraction of sp³-hybridized carbons (Fsp3) is 0.180. The summed E-state index contributed by atoms with van der Waals surface area (Å²) < 4.78 is 89.5. The van der Waals surface area contributed by atoms with Crippen LogP contribution in [0.3, 0.4) is 0 Å². The predicted molar refractivity (Wildman–Crippen MR) is 594 cm³/mol. The van der Waals surface area contributed by atoms with Gasteiger partial charge in [0.15, 0.2) is 16.8 Å². The summed E-state index contributed by atoms with van der Waals surface area (Å²) in [5, 5.41) is 46.1. The Morgan fingerprint density at radius 1 is 0.366 bits per heavy atom. The van der Waals surface area contributed by atoms with Crippen LogP contribution >= 0.6 is 89.7 Å². The molecular formula is C111H116BCl5Cs2N10O11P4Pd. The van der Waals surface area contributed by atoms with Gasteiger partial charge in [-0.3, -0.25) is 4.79 Å². The van der Waals surface area contributed by atoms with Gasteiger partial charge in [-0.2, -0.15) is 9.97 Å². The summed E-state index contributed by atoms with van der Waals surface area (Å²) in [6.07, 6.45) is 0. The number of anilines is 4. The number of nitrogens with zero attached hydrogens (tertiary/aromatic N) is 6. The smallest absolute Gasteiger partial charge is 1.00 e. The van der Waals surface area contributed by atoms with Crippen LogP contribution in [0.5, 0.6) is 0 Å². The van der Waals surface area contributed by atoms with E-state index in [2.05, 4.69) is 410 Å². The van der Waals surface area contributed by atoms with E-state index in [9.17, 15) is 0 Å². The van der Waals surface area contributed by atoms with Gasteiger partial charge in [0.05, 0.1) is 106 Å². The van der Waals surface area contributed by atoms with Crippen molar-refractivity contribution in [3.8, 4) is 11.3 Å². The van der Waals surface area contributed by atoms with Gasteiger partial charge in [0, 0.05) is 58.8 Å². The van der Waals surface area contributed by atoms with Gasteiger partial charge in [-0.25, -0.2) is 0 Å². The number of nitrogen functional groups attached to an aromatic ring is 2. The number of rotatable bonds is 35. The third kappa shape index (κ3) is 43.2. The van der Waals surface area contributed by atoms with E-state index in [1.54, 1.807) is 14.2 Å². The number of aromatic nitrogens is 6. The Morgan fingerprint density at radius 2 is 0.600 bits per heavy atom. The summed E-state index contributed by atoms with van der Waals surface area (Å²) in [4.78, 5) is 19.2. The van der Waals surface area contributed by atoms with Crippen LogP contribution in [0.1, 0.15) is 37.3 Å². The van der Waals surface area contributed by atoms with E-state index >= 15 is 0 Å². The second-order valence-electron chi connectivity index (χ2n) is 30.9. The molecule has 0 bridgehead atoms. The monoisotopic (exact) mass is 2450 g/mol. The fourth-order valence-corrected chi connectivity index (χ4v) is 23.1. The maximum atomic E-state index is 8.64. The molecule has 34 heteroatoms. The van der Waals surface area contributed by atoms with Crippen LogP contribution in [0.4, 0.5) is 23.5 Å². The summed E-state index contributed by atoms with van der Waals surface area (Å²) in [7, 11) is 0.582. The number of hydrogen-bond acceptors (Lipinski definition) is 21. The summed E-state index contributed by atoms with van der Waals surface area (Å²) in [5.74, 6) is 0.593. The number of nitrogens with one attached hydrogen (secondary N) is 2. The Balaban J connectivity index is 0.000000269. The number of hydrogen-bond donors (Lipinski definition) is 4. The molecule has 6 N–H and O–H groups in total. The van der Waals surface area contributed by atoms with Crippen molar-refractivity contribution in [2.75, 3.05) is 115 Å². The van der Waals surface area contributed by atoms with Gasteiger partial charge in [-0.15, -0.1) is 20.4 Å². The standard InChI is InChI=1S/4C18H15P.C16H21Cl2N5O3.C12H15BCl2O2.C10H18ClN5O3.CH2O3.2Cs.Pd.H/c4*1-4-10-16(11-5-1)19(17-12-6-2-7-13-17)18-14-8-3-9-15-18;1-24-7-8-26-10-9-25-6-5-20-16-21-15(19)14(22-23-16)11-3-2-4-12(17)13(11)18;1-11(2)12(3,4)17-13(16-11)8-6-5-7-9(14)10(8)15;1-17-4-5-19-7-6-18-3-2-13-10-14-9(12)8(11)15-16-10;2-1-4-3;;;;/h4*1-15H;2-4H,5-10H2,1H3,(H3,19,20,21,23);5-7H,1-4H3;2-7H2,1H3,(H3,12,13,14,16);1,3H;;;;/q;;;;;;;;2*+1;;-1/p-1/i;;;;2D,3D,4D;5D,6D,7D;;;;;;. The first-order chi connectivity index (χ1) is 71.8. The molecule has 1 fully saturated rings. The minimum absolute atomic E-state index is 0. The Bertz CT molecular complexity index is 5690. The number of ether oxygens (including phenoxy) is 6. The molecule has 16 aromatic rings. The van der Waals surface area contributed by atoms with Crippen LogP contribution in [-0.4, -0.2) is 149 Å². The van der Waals surface area contributed by atoms with Gasteiger partial charge in [0.1, 0.15) is 5.69 Å². The van der Waals surface area contributed by atoms with Crippen LogP contribution in [0.25, 0.3) is 11.3 Å². The van der Waals surface area contributed by atoms with Gasteiger partial charge in [-0.05, 0) is 135 Å². The van der Waals surface area contributed by atoms with Crippen molar-refractivity contribution in [3.63, 3.8) is 0 Å². The molecule has 21 nitrogen and oxygen atoms in total. The third-order valence-electron chi connectivity index (χ3n) is 20.6. The topological polar surface area (TPSA) is 277 Å². The summed E-state index contributed by atoms with van der Waals surface area (Å²) in [6, 6.07) is 128. The quantitative estimate of drug-likeness (QED) is 0.00717. The first kappa shape index (κ1) is 116. The minimum Gasteiger partial charge on any atom is -1.00 e. The second kappa shape index (κ2) is 72.0. The van der Waals surface area contributed by atoms with Gasteiger partial charge < -0.3 is 71.4 Å². The Labute approximate surface area is 1020 Å². The van der Waals surface area contributed by atoms with Crippen molar-refractivity contribution in [1.29, 1.82) is 0 Å². The molecule has 0 atom stereocenters. The van der Waals surface area contributed by atoms with Gasteiger partial charge >= 0.3 is 145 Å². The molecule has 14 aromatic carbocycles. The van der Waals surface area contributed by atoms with E-state index in [4.69, 9.17) is 125 Å². The summed E-state index contributed by atoms with van der Waals surface area (Å²) in [6.45, 7) is 13.4. The van der Waals surface area contributed by atoms with Gasteiger partial charge in [0.2, 0.25) is 11.9 Å². The molecule has 17 rings (SSSR count). The van der Waals surface area contributed by atoms with Crippen LogP contribution in [0.2, 0.25) is 25.2 Å². The largest absolute Gasteiger partial charge is 1.00 e. The maximum Gasteiger partial charge on any atom is 1.00 e. The fourth-order valence-electron chi connectivity index (χ4n) is 13.1. The third-order valence-corrected chi connectivity index (χ3v) is 32.1. The molecule has 1 aliphatic rings. The average Bonchev–Trinajstić information content (AvgIpc) is 1.66. The van der Waals surface area contributed by atoms with E-state index < -0.39 is 50.0 Å². The van der Waals surface area contributed by atoms with E-state index in [-0.39, 0.29) is 262 Å². The van der Waals surface area contributed by atoms with Crippen molar-refractivity contribution in [2.45, 2.75) is 38.9 Å². The van der Waals surface area contributed by atoms with Crippen molar-refractivity contribution in [3.05, 3.63) is 425 Å². The Kier molecular flexibility index (Phi) is 57.4. The SMILES string of the molecule is COCCOCCOCCNc1nnc(Cl)c(N)n1.O=CO[O-].[2H]c1c([2H])c(Cl)c(Cl)c(-c2nnc(NCCOCCOCCOC)nc2N)c1[2H].[2H]c1c([2H])c(Cl)c(Cl)c(B2OC(C)(C)C(C)(C)O2)c1[2H].[Cs+].[Cs+].[H-].[Pd].c1ccc(P(c2ccccc2)c2ccccc2)cc1.c1ccc(P(c2ccccc2)c2ccccc2)cc1.c1ccc(P(c2ccccc2)c2ccccc2)cc1.c1ccc(P(c2ccccc2)c2ccccc2)cc1. The molecule has 0 radical (unpaired) electrons. The summed E-state index contributed by atoms with van der Waals surface area (Å²) in [5.41, 5.74) is 10.5. The van der Waals surface area contributed by atoms with Crippen LogP contribution < -0.4 is 234 Å². The molecule has 1 aliphatic heterocycles. The Hall–Kier alpha value is -6.59. The van der Waals surface area contributed by atoms with Crippen LogP contribution in [-0.2, 0) is 67.8 Å². The minimum atomic E-state index is -0.873. The molecule has 0 aliphatic carbocycles.